The summed E-state index contributed by atoms with van der Waals surface area (Å²) < 4.78 is 45.5. The SMILES string of the molecule is CCOC(=O)c1sc2ncn(CC(=O)c3cc(C)n(CC(F)(F)F)c3C)c(=O)c2c1C. The molecule has 7 nitrogen and oxygen atoms in total. The first kappa shape index (κ1) is 22.7. The van der Waals surface area contributed by atoms with Crippen molar-refractivity contribution in [2.75, 3.05) is 6.61 Å². The van der Waals surface area contributed by atoms with Gasteiger partial charge in [0.05, 0.1) is 24.9 Å². The summed E-state index contributed by atoms with van der Waals surface area (Å²) in [5, 5.41) is 0.214. The molecule has 0 atom stereocenters. The van der Waals surface area contributed by atoms with Crippen molar-refractivity contribution in [3.8, 4) is 0 Å². The van der Waals surface area contributed by atoms with Gasteiger partial charge in [-0.3, -0.25) is 14.2 Å². The lowest BCUT2D eigenvalue weighted by Crippen LogP contribution is -2.25. The van der Waals surface area contributed by atoms with Gasteiger partial charge in [-0.05, 0) is 39.3 Å². The van der Waals surface area contributed by atoms with Gasteiger partial charge < -0.3 is 9.30 Å². The second-order valence-corrected chi connectivity index (χ2v) is 8.04. The van der Waals surface area contributed by atoms with E-state index in [-0.39, 0.29) is 34.7 Å². The molecular weight excluding hydrogens is 435 g/mol. The molecule has 0 aliphatic carbocycles. The highest BCUT2D eigenvalue weighted by Crippen LogP contribution is 2.28. The summed E-state index contributed by atoms with van der Waals surface area (Å²) in [5.41, 5.74) is 0.501. The topological polar surface area (TPSA) is 83.2 Å². The highest BCUT2D eigenvalue weighted by atomic mass is 32.1. The maximum Gasteiger partial charge on any atom is 0.406 e. The number of carbonyl (C=O) groups excluding carboxylic acids is 2. The Kier molecular flexibility index (Phi) is 6.08. The fourth-order valence-corrected chi connectivity index (χ4v) is 4.44. The van der Waals surface area contributed by atoms with Crippen LogP contribution < -0.4 is 5.56 Å². The van der Waals surface area contributed by atoms with Crippen LogP contribution in [0.25, 0.3) is 10.2 Å². The van der Waals surface area contributed by atoms with Crippen LogP contribution in [0.2, 0.25) is 0 Å². The number of aryl methyl sites for hydroxylation is 2. The number of rotatable bonds is 6. The van der Waals surface area contributed by atoms with Gasteiger partial charge >= 0.3 is 12.1 Å². The third-order valence-corrected chi connectivity index (χ3v) is 6.08. The predicted molar refractivity (Wildman–Crippen MR) is 109 cm³/mol. The third-order valence-electron chi connectivity index (χ3n) is 4.90. The van der Waals surface area contributed by atoms with Crippen molar-refractivity contribution >= 4 is 33.3 Å². The molecule has 0 aliphatic heterocycles. The molecule has 0 spiro atoms. The number of fused-ring (bicyclic) bond motifs is 1. The second kappa shape index (κ2) is 8.29. The van der Waals surface area contributed by atoms with Gasteiger partial charge in [-0.1, -0.05) is 0 Å². The molecule has 0 unspecified atom stereocenters. The first-order chi connectivity index (χ1) is 14.4. The molecule has 3 rings (SSSR count). The van der Waals surface area contributed by atoms with Crippen LogP contribution in [0.15, 0.2) is 17.2 Å². The Morgan fingerprint density at radius 2 is 1.90 bits per heavy atom. The molecule has 3 aromatic heterocycles. The molecule has 3 aromatic rings. The molecule has 31 heavy (non-hydrogen) atoms. The fraction of sp³-hybridized carbons (Fsp3) is 0.400. The summed E-state index contributed by atoms with van der Waals surface area (Å²) in [7, 11) is 0. The van der Waals surface area contributed by atoms with E-state index in [2.05, 4.69) is 4.98 Å². The Hall–Kier alpha value is -2.95. The van der Waals surface area contributed by atoms with Crippen LogP contribution in [0.5, 0.6) is 0 Å². The van der Waals surface area contributed by atoms with E-state index < -0.39 is 30.0 Å². The number of nitrogens with zero attached hydrogens (tertiary/aromatic N) is 3. The van der Waals surface area contributed by atoms with Crippen molar-refractivity contribution < 1.29 is 27.5 Å². The van der Waals surface area contributed by atoms with E-state index in [0.29, 0.717) is 16.1 Å². The van der Waals surface area contributed by atoms with E-state index in [1.165, 1.54) is 26.2 Å². The third kappa shape index (κ3) is 4.41. The molecule has 11 heteroatoms. The molecule has 0 aliphatic rings. The van der Waals surface area contributed by atoms with E-state index in [9.17, 15) is 27.6 Å². The number of alkyl halides is 3. The first-order valence-corrected chi connectivity index (χ1v) is 10.2. The summed E-state index contributed by atoms with van der Waals surface area (Å²) >= 11 is 1.03. The maximum atomic E-state index is 12.9. The minimum atomic E-state index is -4.42. The van der Waals surface area contributed by atoms with E-state index >= 15 is 0 Å². The Balaban J connectivity index is 1.96. The molecule has 0 aromatic carbocycles. The van der Waals surface area contributed by atoms with Crippen LogP contribution in [0, 0.1) is 20.8 Å². The zero-order valence-electron chi connectivity index (χ0n) is 17.3. The van der Waals surface area contributed by atoms with Crippen molar-refractivity contribution in [3.63, 3.8) is 0 Å². The van der Waals surface area contributed by atoms with Gasteiger partial charge in [0.15, 0.2) is 5.78 Å². The molecule has 166 valence electrons. The smallest absolute Gasteiger partial charge is 0.406 e. The lowest BCUT2D eigenvalue weighted by atomic mass is 10.1. The summed E-state index contributed by atoms with van der Waals surface area (Å²) in [5.74, 6) is -1.06. The Bertz CT molecular complexity index is 1240. The molecule has 0 amide bonds. The van der Waals surface area contributed by atoms with Gasteiger partial charge in [0.2, 0.25) is 0 Å². The number of thiophene rings is 1. The average Bonchev–Trinajstić information content (AvgIpc) is 3.15. The van der Waals surface area contributed by atoms with Crippen molar-refractivity contribution in [2.45, 2.75) is 47.0 Å². The second-order valence-electron chi connectivity index (χ2n) is 7.04. The summed E-state index contributed by atoms with van der Waals surface area (Å²) in [6.07, 6.45) is -3.23. The fourth-order valence-electron chi connectivity index (χ4n) is 3.41. The Morgan fingerprint density at radius 1 is 1.23 bits per heavy atom. The van der Waals surface area contributed by atoms with E-state index in [0.717, 1.165) is 20.5 Å². The quantitative estimate of drug-likeness (QED) is 0.417. The van der Waals surface area contributed by atoms with Crippen LogP contribution in [-0.2, 0) is 17.8 Å². The predicted octanol–water partition coefficient (Wildman–Crippen LogP) is 3.81. The van der Waals surface area contributed by atoms with E-state index in [1.807, 2.05) is 0 Å². The lowest BCUT2D eigenvalue weighted by Gasteiger charge is -2.12. The van der Waals surface area contributed by atoms with Gasteiger partial charge in [-0.25, -0.2) is 9.78 Å². The standard InChI is InChI=1S/C20H20F3N3O4S/c1-5-30-19(29)16-11(3)15-17(31-16)24-9-25(18(15)28)7-14(27)13-6-10(2)26(12(13)4)8-20(21,22)23/h6,9H,5,7-8H2,1-4H3. The molecule has 0 saturated carbocycles. The zero-order chi connectivity index (χ0) is 23.1. The highest BCUT2D eigenvalue weighted by Gasteiger charge is 2.30. The van der Waals surface area contributed by atoms with Crippen LogP contribution in [0.1, 0.15) is 43.9 Å². The number of hydrogen-bond donors (Lipinski definition) is 0. The number of ketones is 1. The molecule has 0 bridgehead atoms. The van der Waals surface area contributed by atoms with Gasteiger partial charge in [0, 0.05) is 17.0 Å². The largest absolute Gasteiger partial charge is 0.462 e. The van der Waals surface area contributed by atoms with Crippen LogP contribution >= 0.6 is 11.3 Å². The lowest BCUT2D eigenvalue weighted by molar-refractivity contribution is -0.141. The molecule has 0 radical (unpaired) electrons. The molecule has 0 fully saturated rings. The normalized spacial score (nSPS) is 11.8. The maximum absolute atomic E-state index is 12.9. The highest BCUT2D eigenvalue weighted by molar-refractivity contribution is 7.20. The minimum Gasteiger partial charge on any atom is -0.462 e. The van der Waals surface area contributed by atoms with Gasteiger partial charge in [0.25, 0.3) is 5.56 Å². The Labute approximate surface area is 179 Å². The van der Waals surface area contributed by atoms with E-state index in [4.69, 9.17) is 4.74 Å². The van der Waals surface area contributed by atoms with E-state index in [1.54, 1.807) is 13.8 Å². The number of carbonyl (C=O) groups is 2. The monoisotopic (exact) mass is 455 g/mol. The number of esters is 1. The van der Waals surface area contributed by atoms with Crippen LogP contribution in [0.4, 0.5) is 13.2 Å². The van der Waals surface area contributed by atoms with Crippen LogP contribution in [0.3, 0.4) is 0 Å². The zero-order valence-corrected chi connectivity index (χ0v) is 18.1. The number of ether oxygens (including phenoxy) is 1. The van der Waals surface area contributed by atoms with Crippen molar-refractivity contribution in [3.05, 3.63) is 50.1 Å². The van der Waals surface area contributed by atoms with Gasteiger partial charge in [-0.2, -0.15) is 13.2 Å². The molecule has 0 N–H and O–H groups in total. The molecule has 3 heterocycles. The minimum absolute atomic E-state index is 0.114. The number of Topliss-reactive ketones (excluding diaryl/α,β-unsaturated/α-hetero) is 1. The summed E-state index contributed by atoms with van der Waals surface area (Å²) in [4.78, 5) is 42.6. The molecule has 0 saturated heterocycles. The molecular formula is C20H20F3N3O4S. The number of aromatic nitrogens is 3. The van der Waals surface area contributed by atoms with Crippen molar-refractivity contribution in [1.82, 2.24) is 14.1 Å². The number of hydrogen-bond acceptors (Lipinski definition) is 6. The summed E-state index contributed by atoms with van der Waals surface area (Å²) in [6, 6.07) is 1.38. The van der Waals surface area contributed by atoms with Crippen molar-refractivity contribution in [2.24, 2.45) is 0 Å². The van der Waals surface area contributed by atoms with Gasteiger partial charge in [0.1, 0.15) is 16.3 Å². The summed E-state index contributed by atoms with van der Waals surface area (Å²) in [6.45, 7) is 4.80. The Morgan fingerprint density at radius 3 is 2.52 bits per heavy atom. The number of halogens is 3. The first-order valence-electron chi connectivity index (χ1n) is 9.37. The van der Waals surface area contributed by atoms with Crippen LogP contribution in [-0.4, -0.2) is 38.7 Å². The average molecular weight is 455 g/mol. The van der Waals surface area contributed by atoms with Crippen molar-refractivity contribution in [1.29, 1.82) is 0 Å². The van der Waals surface area contributed by atoms with Gasteiger partial charge in [-0.15, -0.1) is 11.3 Å².